The van der Waals surface area contributed by atoms with Crippen molar-refractivity contribution < 1.29 is 14.6 Å². The molecule has 20 heavy (non-hydrogen) atoms. The molecule has 0 radical (unpaired) electrons. The number of carbonyl (C=O) groups is 1. The molecule has 1 heterocycles. The van der Waals surface area contributed by atoms with Gasteiger partial charge in [0, 0.05) is 0 Å². The van der Waals surface area contributed by atoms with E-state index < -0.39 is 5.97 Å². The number of aromatic nitrogens is 1. The smallest absolute Gasteiger partial charge is 0.356 e. The number of esters is 1. The monoisotopic (exact) mass is 273 g/mol. The second-order valence-electron chi connectivity index (χ2n) is 3.75. The summed E-state index contributed by atoms with van der Waals surface area (Å²) in [5, 5.41) is 9.17. The van der Waals surface area contributed by atoms with Crippen LogP contribution in [0.25, 0.3) is 11.1 Å². The van der Waals surface area contributed by atoms with Gasteiger partial charge in [-0.2, -0.15) is 0 Å². The molecule has 1 N–H and O–H groups in total. The standard InChI is InChI=1S/C14H13NO3.C2H6/c1-18-14(17)13-8-11(7-12(9-16)15-13)10-5-3-2-4-6-10;1-2/h2-8,16H,9H2,1H3;1-2H3. The number of pyridine rings is 1. The van der Waals surface area contributed by atoms with Gasteiger partial charge in [0.1, 0.15) is 5.69 Å². The van der Waals surface area contributed by atoms with Gasteiger partial charge in [0.2, 0.25) is 0 Å². The fourth-order valence-electron chi connectivity index (χ4n) is 1.68. The molecule has 0 fully saturated rings. The van der Waals surface area contributed by atoms with Gasteiger partial charge in [-0.3, -0.25) is 0 Å². The predicted octanol–water partition coefficient (Wildman–Crippen LogP) is 3.05. The van der Waals surface area contributed by atoms with E-state index in [2.05, 4.69) is 9.72 Å². The summed E-state index contributed by atoms with van der Waals surface area (Å²) in [7, 11) is 1.30. The molecule has 0 aliphatic rings. The lowest BCUT2D eigenvalue weighted by Gasteiger charge is -2.06. The van der Waals surface area contributed by atoms with Crippen LogP contribution in [0.4, 0.5) is 0 Å². The molecule has 0 saturated carbocycles. The van der Waals surface area contributed by atoms with Crippen molar-refractivity contribution in [2.45, 2.75) is 20.5 Å². The Labute approximate surface area is 119 Å². The van der Waals surface area contributed by atoms with E-state index in [1.165, 1.54) is 7.11 Å². The number of aliphatic hydroxyl groups excluding tert-OH is 1. The molecule has 0 unspecified atom stereocenters. The van der Waals surface area contributed by atoms with E-state index in [0.717, 1.165) is 11.1 Å². The van der Waals surface area contributed by atoms with Gasteiger partial charge in [-0.25, -0.2) is 9.78 Å². The second kappa shape index (κ2) is 8.07. The van der Waals surface area contributed by atoms with Crippen LogP contribution in [0, 0.1) is 0 Å². The maximum absolute atomic E-state index is 11.5. The molecule has 2 aromatic rings. The number of benzene rings is 1. The van der Waals surface area contributed by atoms with Crippen molar-refractivity contribution in [3.8, 4) is 11.1 Å². The van der Waals surface area contributed by atoms with Crippen molar-refractivity contribution >= 4 is 5.97 Å². The zero-order chi connectivity index (χ0) is 15.0. The Kier molecular flexibility index (Phi) is 6.40. The van der Waals surface area contributed by atoms with Crippen molar-refractivity contribution in [1.29, 1.82) is 0 Å². The molecule has 0 aliphatic heterocycles. The SMILES string of the molecule is CC.COC(=O)c1cc(-c2ccccc2)cc(CO)n1. The molecule has 1 aromatic carbocycles. The lowest BCUT2D eigenvalue weighted by Crippen LogP contribution is -2.06. The van der Waals surface area contributed by atoms with Crippen molar-refractivity contribution in [2.24, 2.45) is 0 Å². The van der Waals surface area contributed by atoms with Crippen LogP contribution in [-0.2, 0) is 11.3 Å². The maximum Gasteiger partial charge on any atom is 0.356 e. The van der Waals surface area contributed by atoms with Gasteiger partial charge in [0.25, 0.3) is 0 Å². The Morgan fingerprint density at radius 3 is 2.35 bits per heavy atom. The van der Waals surface area contributed by atoms with Crippen molar-refractivity contribution in [2.75, 3.05) is 7.11 Å². The number of nitrogens with zero attached hydrogens (tertiary/aromatic N) is 1. The molecule has 0 atom stereocenters. The van der Waals surface area contributed by atoms with E-state index in [-0.39, 0.29) is 12.3 Å². The Balaban J connectivity index is 0.000000956. The van der Waals surface area contributed by atoms with E-state index in [0.29, 0.717) is 5.69 Å². The Hall–Kier alpha value is -2.20. The molecule has 0 aliphatic carbocycles. The molecule has 0 amide bonds. The van der Waals surface area contributed by atoms with E-state index in [4.69, 9.17) is 0 Å². The minimum Gasteiger partial charge on any atom is -0.464 e. The van der Waals surface area contributed by atoms with Crippen LogP contribution in [0.5, 0.6) is 0 Å². The number of hydrogen-bond acceptors (Lipinski definition) is 4. The lowest BCUT2D eigenvalue weighted by atomic mass is 10.0. The number of carbonyl (C=O) groups excluding carboxylic acids is 1. The number of aliphatic hydroxyl groups is 1. The molecular formula is C16H19NO3. The van der Waals surface area contributed by atoms with Gasteiger partial charge in [0.05, 0.1) is 19.4 Å². The average molecular weight is 273 g/mol. The maximum atomic E-state index is 11.5. The highest BCUT2D eigenvalue weighted by Crippen LogP contribution is 2.21. The Bertz CT molecular complexity index is 553. The summed E-state index contributed by atoms with van der Waals surface area (Å²) in [5.41, 5.74) is 2.43. The van der Waals surface area contributed by atoms with Gasteiger partial charge in [-0.15, -0.1) is 0 Å². The second-order valence-corrected chi connectivity index (χ2v) is 3.75. The third kappa shape index (κ3) is 3.90. The van der Waals surface area contributed by atoms with Crippen LogP contribution in [0.2, 0.25) is 0 Å². The fraction of sp³-hybridized carbons (Fsp3) is 0.250. The zero-order valence-corrected chi connectivity index (χ0v) is 12.0. The highest BCUT2D eigenvalue weighted by Gasteiger charge is 2.11. The summed E-state index contributed by atoms with van der Waals surface area (Å²) in [6.07, 6.45) is 0. The normalized spacial score (nSPS) is 9.40. The first-order valence-corrected chi connectivity index (χ1v) is 6.50. The molecule has 0 bridgehead atoms. The Morgan fingerprint density at radius 2 is 1.80 bits per heavy atom. The quantitative estimate of drug-likeness (QED) is 0.873. The first-order chi connectivity index (χ1) is 9.74. The lowest BCUT2D eigenvalue weighted by molar-refractivity contribution is 0.0593. The summed E-state index contributed by atoms with van der Waals surface area (Å²) in [4.78, 5) is 15.5. The van der Waals surface area contributed by atoms with Crippen LogP contribution in [0.1, 0.15) is 30.0 Å². The van der Waals surface area contributed by atoms with Crippen molar-refractivity contribution in [3.63, 3.8) is 0 Å². The molecular weight excluding hydrogens is 254 g/mol. The van der Waals surface area contributed by atoms with Gasteiger partial charge in [0.15, 0.2) is 0 Å². The molecule has 0 spiro atoms. The largest absolute Gasteiger partial charge is 0.464 e. The molecule has 106 valence electrons. The molecule has 4 nitrogen and oxygen atoms in total. The first-order valence-electron chi connectivity index (χ1n) is 6.50. The third-order valence-corrected chi connectivity index (χ3v) is 2.54. The average Bonchev–Trinajstić information content (AvgIpc) is 2.56. The third-order valence-electron chi connectivity index (χ3n) is 2.54. The summed E-state index contributed by atoms with van der Waals surface area (Å²) in [5.74, 6) is -0.512. The van der Waals surface area contributed by atoms with Crippen molar-refractivity contribution in [3.05, 3.63) is 53.9 Å². The fourth-order valence-corrected chi connectivity index (χ4v) is 1.68. The summed E-state index contributed by atoms with van der Waals surface area (Å²) in [6.45, 7) is 3.78. The minimum absolute atomic E-state index is 0.197. The van der Waals surface area contributed by atoms with Crippen LogP contribution in [0.15, 0.2) is 42.5 Å². The predicted molar refractivity (Wildman–Crippen MR) is 78.3 cm³/mol. The highest BCUT2D eigenvalue weighted by molar-refractivity contribution is 5.88. The van der Waals surface area contributed by atoms with E-state index in [1.54, 1.807) is 12.1 Å². The van der Waals surface area contributed by atoms with Gasteiger partial charge in [-0.05, 0) is 23.3 Å². The van der Waals surface area contributed by atoms with Crippen LogP contribution in [0.3, 0.4) is 0 Å². The van der Waals surface area contributed by atoms with Crippen LogP contribution in [-0.4, -0.2) is 23.2 Å². The molecule has 0 saturated heterocycles. The van der Waals surface area contributed by atoms with Gasteiger partial charge < -0.3 is 9.84 Å². The van der Waals surface area contributed by atoms with E-state index in [1.807, 2.05) is 44.2 Å². The number of rotatable bonds is 3. The minimum atomic E-state index is -0.512. The first kappa shape index (κ1) is 15.9. The van der Waals surface area contributed by atoms with Crippen LogP contribution < -0.4 is 0 Å². The molecule has 4 heteroatoms. The number of hydrogen-bond donors (Lipinski definition) is 1. The van der Waals surface area contributed by atoms with Crippen LogP contribution >= 0.6 is 0 Å². The number of methoxy groups -OCH3 is 1. The summed E-state index contributed by atoms with van der Waals surface area (Å²) >= 11 is 0. The topological polar surface area (TPSA) is 59.4 Å². The molecule has 1 aromatic heterocycles. The van der Waals surface area contributed by atoms with E-state index in [9.17, 15) is 9.90 Å². The molecule has 2 rings (SSSR count). The Morgan fingerprint density at radius 1 is 1.15 bits per heavy atom. The summed E-state index contributed by atoms with van der Waals surface area (Å²) < 4.78 is 4.64. The van der Waals surface area contributed by atoms with Gasteiger partial charge in [-0.1, -0.05) is 44.2 Å². The van der Waals surface area contributed by atoms with E-state index >= 15 is 0 Å². The van der Waals surface area contributed by atoms with Crippen molar-refractivity contribution in [1.82, 2.24) is 4.98 Å². The highest BCUT2D eigenvalue weighted by atomic mass is 16.5. The van der Waals surface area contributed by atoms with Gasteiger partial charge >= 0.3 is 5.97 Å². The number of ether oxygens (including phenoxy) is 1. The zero-order valence-electron chi connectivity index (χ0n) is 12.0. The summed E-state index contributed by atoms with van der Waals surface area (Å²) in [6, 6.07) is 13.0.